The Morgan fingerprint density at radius 1 is 0.837 bits per heavy atom. The molecule has 0 aliphatic rings. The molecule has 2 amide bonds. The summed E-state index contributed by atoms with van der Waals surface area (Å²) in [5.41, 5.74) is 3.78. The fourth-order valence-electron chi connectivity index (χ4n) is 4.89. The molecule has 4 aromatic carbocycles. The molecule has 0 bridgehead atoms. The molecule has 1 N–H and O–H groups in total. The van der Waals surface area contributed by atoms with E-state index in [1.807, 2.05) is 50.2 Å². The SMILES string of the molecule is CNC(=O)C(Cc1ccccc1)N(Cc1ccccc1F)C(=O)CN(c1cccc(C)c1C)S(=O)(=O)c1ccc(C)cc1. The van der Waals surface area contributed by atoms with E-state index in [1.54, 1.807) is 49.4 Å². The normalized spacial score (nSPS) is 11.9. The third kappa shape index (κ3) is 7.29. The number of hydrogen-bond donors (Lipinski definition) is 1. The summed E-state index contributed by atoms with van der Waals surface area (Å²) in [6.45, 7) is 4.68. The van der Waals surface area contributed by atoms with Crippen molar-refractivity contribution in [3.05, 3.63) is 131 Å². The molecule has 0 fully saturated rings. The lowest BCUT2D eigenvalue weighted by molar-refractivity contribution is -0.139. The molecular weight excluding hydrogens is 565 g/mol. The van der Waals surface area contributed by atoms with Crippen LogP contribution in [0.15, 0.2) is 102 Å². The van der Waals surface area contributed by atoms with Gasteiger partial charge in [-0.2, -0.15) is 0 Å². The number of amides is 2. The third-order valence-electron chi connectivity index (χ3n) is 7.55. The zero-order chi connectivity index (χ0) is 31.1. The Morgan fingerprint density at radius 3 is 2.14 bits per heavy atom. The molecule has 1 unspecified atom stereocenters. The van der Waals surface area contributed by atoms with Crippen molar-refractivity contribution in [2.45, 2.75) is 44.7 Å². The summed E-state index contributed by atoms with van der Waals surface area (Å²) >= 11 is 0. The summed E-state index contributed by atoms with van der Waals surface area (Å²) in [4.78, 5) is 29.0. The second-order valence-corrected chi connectivity index (χ2v) is 12.3. The van der Waals surface area contributed by atoms with Crippen LogP contribution < -0.4 is 9.62 Å². The Balaban J connectivity index is 1.83. The van der Waals surface area contributed by atoms with Crippen LogP contribution in [-0.4, -0.2) is 44.8 Å². The third-order valence-corrected chi connectivity index (χ3v) is 9.32. The summed E-state index contributed by atoms with van der Waals surface area (Å²) in [5.74, 6) is -1.63. The van der Waals surface area contributed by atoms with Crippen LogP contribution in [0.4, 0.5) is 10.1 Å². The average molecular weight is 602 g/mol. The lowest BCUT2D eigenvalue weighted by atomic mass is 10.0. The first kappa shape index (κ1) is 31.4. The zero-order valence-corrected chi connectivity index (χ0v) is 25.6. The van der Waals surface area contributed by atoms with Crippen LogP contribution in [0.5, 0.6) is 0 Å². The standard InChI is InChI=1S/C34H36FN3O4S/c1-24-17-19-29(20-18-24)43(41,42)38(31-16-10-11-25(2)26(31)3)23-33(39)37(22-28-14-8-9-15-30(28)35)32(34(40)36-4)21-27-12-6-5-7-13-27/h5-20,32H,21-23H2,1-4H3,(H,36,40). The number of nitrogens with zero attached hydrogens (tertiary/aromatic N) is 2. The molecule has 4 aromatic rings. The second-order valence-electron chi connectivity index (χ2n) is 10.5. The number of rotatable bonds is 11. The summed E-state index contributed by atoms with van der Waals surface area (Å²) < 4.78 is 44.3. The first-order valence-electron chi connectivity index (χ1n) is 14.0. The average Bonchev–Trinajstić information content (AvgIpc) is 3.00. The van der Waals surface area contributed by atoms with E-state index in [2.05, 4.69) is 5.32 Å². The van der Waals surface area contributed by atoms with Crippen LogP contribution in [0.25, 0.3) is 0 Å². The predicted octanol–water partition coefficient (Wildman–Crippen LogP) is 5.33. The minimum Gasteiger partial charge on any atom is -0.357 e. The fourth-order valence-corrected chi connectivity index (χ4v) is 6.36. The van der Waals surface area contributed by atoms with E-state index < -0.39 is 40.2 Å². The molecule has 0 radical (unpaired) electrons. The van der Waals surface area contributed by atoms with Gasteiger partial charge in [0.05, 0.1) is 10.6 Å². The molecule has 0 heterocycles. The van der Waals surface area contributed by atoms with Gasteiger partial charge in [0.25, 0.3) is 10.0 Å². The van der Waals surface area contributed by atoms with Crippen LogP contribution in [-0.2, 0) is 32.6 Å². The van der Waals surface area contributed by atoms with Crippen molar-refractivity contribution in [2.75, 3.05) is 17.9 Å². The molecule has 0 saturated heterocycles. The first-order valence-corrected chi connectivity index (χ1v) is 15.4. The number of likely N-dealkylation sites (N-methyl/N-ethyl adjacent to an activating group) is 1. The van der Waals surface area contributed by atoms with E-state index in [1.165, 1.54) is 30.1 Å². The maximum absolute atomic E-state index is 14.9. The highest BCUT2D eigenvalue weighted by Gasteiger charge is 2.35. The lowest BCUT2D eigenvalue weighted by Crippen LogP contribution is -2.53. The second kappa shape index (κ2) is 13.6. The van der Waals surface area contributed by atoms with Crippen molar-refractivity contribution in [2.24, 2.45) is 0 Å². The van der Waals surface area contributed by atoms with E-state index in [-0.39, 0.29) is 23.4 Å². The number of carbonyl (C=O) groups is 2. The molecule has 0 aromatic heterocycles. The summed E-state index contributed by atoms with van der Waals surface area (Å²) in [5, 5.41) is 2.63. The molecule has 0 aliphatic heterocycles. The van der Waals surface area contributed by atoms with E-state index >= 15 is 0 Å². The van der Waals surface area contributed by atoms with E-state index in [0.29, 0.717) is 11.3 Å². The van der Waals surface area contributed by atoms with E-state index in [0.717, 1.165) is 21.0 Å². The van der Waals surface area contributed by atoms with Gasteiger partial charge in [-0.15, -0.1) is 0 Å². The number of carbonyl (C=O) groups excluding carboxylic acids is 2. The Hall–Kier alpha value is -4.50. The topological polar surface area (TPSA) is 86.8 Å². The van der Waals surface area contributed by atoms with Crippen LogP contribution >= 0.6 is 0 Å². The maximum Gasteiger partial charge on any atom is 0.264 e. The molecule has 0 saturated carbocycles. The van der Waals surface area contributed by atoms with Gasteiger partial charge in [0.2, 0.25) is 11.8 Å². The lowest BCUT2D eigenvalue weighted by Gasteiger charge is -2.34. The van der Waals surface area contributed by atoms with Crippen molar-refractivity contribution < 1.29 is 22.4 Å². The van der Waals surface area contributed by atoms with Crippen molar-refractivity contribution in [1.82, 2.24) is 10.2 Å². The predicted molar refractivity (Wildman–Crippen MR) is 167 cm³/mol. The molecule has 7 nitrogen and oxygen atoms in total. The number of sulfonamides is 1. The number of hydrogen-bond acceptors (Lipinski definition) is 4. The fraction of sp³-hybridized carbons (Fsp3) is 0.235. The van der Waals surface area contributed by atoms with Gasteiger partial charge in [-0.25, -0.2) is 12.8 Å². The molecule has 0 spiro atoms. The molecule has 4 rings (SSSR count). The number of aryl methyl sites for hydroxylation is 2. The van der Waals surface area contributed by atoms with Gasteiger partial charge in [0.15, 0.2) is 0 Å². The van der Waals surface area contributed by atoms with Crippen molar-refractivity contribution in [3.63, 3.8) is 0 Å². The Labute approximate surface area is 253 Å². The van der Waals surface area contributed by atoms with Gasteiger partial charge in [-0.1, -0.05) is 78.4 Å². The van der Waals surface area contributed by atoms with E-state index in [4.69, 9.17) is 0 Å². The zero-order valence-electron chi connectivity index (χ0n) is 24.7. The first-order chi connectivity index (χ1) is 20.5. The molecule has 1 atom stereocenters. The minimum absolute atomic E-state index is 0.0274. The highest BCUT2D eigenvalue weighted by molar-refractivity contribution is 7.92. The van der Waals surface area contributed by atoms with Crippen molar-refractivity contribution >= 4 is 27.5 Å². The van der Waals surface area contributed by atoms with Crippen LogP contribution in [0.3, 0.4) is 0 Å². The van der Waals surface area contributed by atoms with Crippen LogP contribution in [0.2, 0.25) is 0 Å². The molecule has 224 valence electrons. The highest BCUT2D eigenvalue weighted by atomic mass is 32.2. The molecule has 9 heteroatoms. The quantitative estimate of drug-likeness (QED) is 0.252. The number of anilines is 1. The summed E-state index contributed by atoms with van der Waals surface area (Å²) in [6, 6.07) is 25.8. The summed E-state index contributed by atoms with van der Waals surface area (Å²) in [7, 11) is -2.75. The largest absolute Gasteiger partial charge is 0.357 e. The summed E-state index contributed by atoms with van der Waals surface area (Å²) in [6.07, 6.45) is 0.148. The smallest absolute Gasteiger partial charge is 0.264 e. The monoisotopic (exact) mass is 601 g/mol. The van der Waals surface area contributed by atoms with Gasteiger partial charge >= 0.3 is 0 Å². The van der Waals surface area contributed by atoms with Gasteiger partial charge in [-0.3, -0.25) is 13.9 Å². The van der Waals surface area contributed by atoms with Crippen molar-refractivity contribution in [3.8, 4) is 0 Å². The number of nitrogens with one attached hydrogen (secondary N) is 1. The molecular formula is C34H36FN3O4S. The number of benzene rings is 4. The van der Waals surface area contributed by atoms with Gasteiger partial charge in [-0.05, 0) is 61.7 Å². The Bertz CT molecular complexity index is 1690. The highest BCUT2D eigenvalue weighted by Crippen LogP contribution is 2.29. The molecule has 43 heavy (non-hydrogen) atoms. The Kier molecular flexibility index (Phi) is 9.98. The Morgan fingerprint density at radius 2 is 1.49 bits per heavy atom. The molecule has 0 aliphatic carbocycles. The van der Waals surface area contributed by atoms with E-state index in [9.17, 15) is 22.4 Å². The van der Waals surface area contributed by atoms with Gasteiger partial charge in [0.1, 0.15) is 18.4 Å². The van der Waals surface area contributed by atoms with Crippen molar-refractivity contribution in [1.29, 1.82) is 0 Å². The van der Waals surface area contributed by atoms with Gasteiger partial charge in [0, 0.05) is 25.6 Å². The minimum atomic E-state index is -4.22. The van der Waals surface area contributed by atoms with Crippen LogP contribution in [0.1, 0.15) is 27.8 Å². The van der Waals surface area contributed by atoms with Crippen LogP contribution in [0, 0.1) is 26.6 Å². The van der Waals surface area contributed by atoms with Gasteiger partial charge < -0.3 is 10.2 Å². The number of halogens is 1. The maximum atomic E-state index is 14.9.